The van der Waals surface area contributed by atoms with Crippen LogP contribution < -0.4 is 0 Å². The van der Waals surface area contributed by atoms with Crippen LogP contribution in [0.3, 0.4) is 0 Å². The lowest BCUT2D eigenvalue weighted by Crippen LogP contribution is -2.36. The van der Waals surface area contributed by atoms with E-state index in [4.69, 9.17) is 5.26 Å². The van der Waals surface area contributed by atoms with Crippen molar-refractivity contribution in [3.05, 3.63) is 35.9 Å². The van der Waals surface area contributed by atoms with Crippen LogP contribution in [0.5, 0.6) is 0 Å². The van der Waals surface area contributed by atoms with E-state index in [0.717, 1.165) is 0 Å². The van der Waals surface area contributed by atoms with Crippen molar-refractivity contribution in [2.75, 3.05) is 6.61 Å². The molecule has 4 heteroatoms. The van der Waals surface area contributed by atoms with Gasteiger partial charge in [-0.05, 0) is 12.5 Å². The molecule has 16 heavy (non-hydrogen) atoms. The van der Waals surface area contributed by atoms with Crippen molar-refractivity contribution in [2.24, 2.45) is 0 Å². The van der Waals surface area contributed by atoms with Gasteiger partial charge in [-0.15, -0.1) is 0 Å². The molecule has 0 aromatic heterocycles. The second-order valence-electron chi connectivity index (χ2n) is 3.30. The highest BCUT2D eigenvalue weighted by Crippen LogP contribution is 2.19. The molecule has 0 aliphatic rings. The van der Waals surface area contributed by atoms with Gasteiger partial charge in [0.1, 0.15) is 6.07 Å². The molecule has 1 rings (SSSR count). The largest absolute Gasteiger partial charge is 0.463 e. The monoisotopic (exact) mass is 221 g/mol. The minimum atomic E-state index is -2.60. The van der Waals surface area contributed by atoms with E-state index in [1.165, 1.54) is 6.07 Å². The van der Waals surface area contributed by atoms with Gasteiger partial charge in [0.25, 0.3) is 5.67 Å². The average molecular weight is 221 g/mol. The Bertz CT molecular complexity index is 399. The minimum Gasteiger partial charge on any atom is -0.463 e. The first-order valence-corrected chi connectivity index (χ1v) is 4.93. The molecule has 0 bridgehead atoms. The highest BCUT2D eigenvalue weighted by molar-refractivity contribution is 5.83. The normalized spacial score (nSPS) is 13.6. The number of alkyl halides is 1. The number of halogens is 1. The van der Waals surface area contributed by atoms with Crippen molar-refractivity contribution < 1.29 is 13.9 Å². The fourth-order valence-electron chi connectivity index (χ4n) is 1.28. The summed E-state index contributed by atoms with van der Waals surface area (Å²) in [5.74, 6) is -1.12. The number of hydrogen-bond donors (Lipinski definition) is 0. The molecule has 0 heterocycles. The van der Waals surface area contributed by atoms with Crippen LogP contribution in [0.2, 0.25) is 0 Å². The first kappa shape index (κ1) is 12.2. The van der Waals surface area contributed by atoms with Crippen molar-refractivity contribution in [3.63, 3.8) is 0 Å². The van der Waals surface area contributed by atoms with Gasteiger partial charge in [0.05, 0.1) is 6.61 Å². The van der Waals surface area contributed by atoms with Crippen LogP contribution in [-0.2, 0) is 16.0 Å². The Labute approximate surface area is 93.5 Å². The molecule has 0 saturated carbocycles. The third-order valence-corrected chi connectivity index (χ3v) is 2.07. The molecule has 0 aliphatic heterocycles. The summed E-state index contributed by atoms with van der Waals surface area (Å²) in [6.45, 7) is 1.62. The molecule has 0 unspecified atom stereocenters. The maximum atomic E-state index is 14.0. The molecule has 1 atom stereocenters. The van der Waals surface area contributed by atoms with E-state index in [9.17, 15) is 9.18 Å². The van der Waals surface area contributed by atoms with Gasteiger partial charge in [-0.1, -0.05) is 30.3 Å². The van der Waals surface area contributed by atoms with Gasteiger partial charge < -0.3 is 4.74 Å². The Morgan fingerprint density at radius 2 is 2.12 bits per heavy atom. The van der Waals surface area contributed by atoms with Crippen LogP contribution in [-0.4, -0.2) is 18.2 Å². The van der Waals surface area contributed by atoms with Gasteiger partial charge in [0, 0.05) is 6.42 Å². The molecular weight excluding hydrogens is 209 g/mol. The number of carbonyl (C=O) groups excluding carboxylic acids is 1. The Kier molecular flexibility index (Phi) is 4.01. The lowest BCUT2D eigenvalue weighted by molar-refractivity contribution is -0.153. The van der Waals surface area contributed by atoms with Gasteiger partial charge in [0.15, 0.2) is 0 Å². The smallest absolute Gasteiger partial charge is 0.359 e. The summed E-state index contributed by atoms with van der Waals surface area (Å²) in [5, 5.41) is 8.72. The SMILES string of the molecule is CCOC(=O)[C@](F)(C#N)Cc1ccccc1. The Morgan fingerprint density at radius 1 is 1.50 bits per heavy atom. The molecule has 0 amide bonds. The molecule has 0 radical (unpaired) electrons. The molecule has 0 fully saturated rings. The first-order chi connectivity index (χ1) is 7.62. The van der Waals surface area contributed by atoms with E-state index in [0.29, 0.717) is 5.56 Å². The van der Waals surface area contributed by atoms with Crippen molar-refractivity contribution in [2.45, 2.75) is 19.0 Å². The predicted octanol–water partition coefficient (Wildman–Crippen LogP) is 2.02. The fourth-order valence-corrected chi connectivity index (χ4v) is 1.28. The molecular formula is C12H12FNO2. The number of nitrogens with zero attached hydrogens (tertiary/aromatic N) is 1. The van der Waals surface area contributed by atoms with Gasteiger partial charge in [-0.3, -0.25) is 0 Å². The second kappa shape index (κ2) is 5.26. The van der Waals surface area contributed by atoms with E-state index in [1.54, 1.807) is 37.3 Å². The second-order valence-corrected chi connectivity index (χ2v) is 3.30. The van der Waals surface area contributed by atoms with E-state index in [2.05, 4.69) is 4.74 Å². The topological polar surface area (TPSA) is 50.1 Å². The van der Waals surface area contributed by atoms with E-state index in [-0.39, 0.29) is 13.0 Å². The number of esters is 1. The Morgan fingerprint density at radius 3 is 2.62 bits per heavy atom. The number of hydrogen-bond acceptors (Lipinski definition) is 3. The van der Waals surface area contributed by atoms with E-state index < -0.39 is 11.6 Å². The number of benzene rings is 1. The standard InChI is InChI=1S/C12H12FNO2/c1-2-16-11(15)12(13,9-14)8-10-6-4-3-5-7-10/h3-7H,2,8H2,1H3/t12-/m1/s1. The maximum absolute atomic E-state index is 14.0. The van der Waals surface area contributed by atoms with Crippen LogP contribution in [0.1, 0.15) is 12.5 Å². The quantitative estimate of drug-likeness (QED) is 0.731. The summed E-state index contributed by atoms with van der Waals surface area (Å²) >= 11 is 0. The maximum Gasteiger partial charge on any atom is 0.359 e. The van der Waals surface area contributed by atoms with Crippen molar-refractivity contribution in [1.29, 1.82) is 5.26 Å². The van der Waals surface area contributed by atoms with Crippen molar-refractivity contribution in [3.8, 4) is 6.07 Å². The third-order valence-electron chi connectivity index (χ3n) is 2.07. The average Bonchev–Trinajstić information content (AvgIpc) is 2.30. The number of rotatable bonds is 4. The molecule has 0 N–H and O–H groups in total. The molecule has 1 aromatic rings. The lowest BCUT2D eigenvalue weighted by atomic mass is 9.98. The molecule has 1 aromatic carbocycles. The predicted molar refractivity (Wildman–Crippen MR) is 56.2 cm³/mol. The summed E-state index contributed by atoms with van der Waals surface area (Å²) in [4.78, 5) is 11.3. The zero-order chi connectivity index (χ0) is 12.0. The zero-order valence-corrected chi connectivity index (χ0v) is 8.94. The minimum absolute atomic E-state index is 0.0565. The summed E-state index contributed by atoms with van der Waals surface area (Å²) in [6, 6.07) is 9.90. The van der Waals surface area contributed by atoms with Crippen LogP contribution in [0.25, 0.3) is 0 Å². The first-order valence-electron chi connectivity index (χ1n) is 4.93. The van der Waals surface area contributed by atoms with E-state index in [1.807, 2.05) is 0 Å². The number of nitriles is 1. The fraction of sp³-hybridized carbons (Fsp3) is 0.333. The van der Waals surface area contributed by atoms with Gasteiger partial charge in [-0.2, -0.15) is 5.26 Å². The zero-order valence-electron chi connectivity index (χ0n) is 8.94. The Balaban J connectivity index is 2.83. The van der Waals surface area contributed by atoms with Crippen LogP contribution in [0, 0.1) is 11.3 Å². The highest BCUT2D eigenvalue weighted by atomic mass is 19.1. The van der Waals surface area contributed by atoms with Crippen LogP contribution >= 0.6 is 0 Å². The van der Waals surface area contributed by atoms with Crippen LogP contribution in [0.4, 0.5) is 4.39 Å². The number of carbonyl (C=O) groups is 1. The van der Waals surface area contributed by atoms with Crippen molar-refractivity contribution in [1.82, 2.24) is 0 Å². The van der Waals surface area contributed by atoms with Gasteiger partial charge >= 0.3 is 5.97 Å². The molecule has 0 aliphatic carbocycles. The molecule has 0 spiro atoms. The Hall–Kier alpha value is -1.89. The summed E-state index contributed by atoms with van der Waals surface area (Å²) < 4.78 is 18.5. The molecule has 0 saturated heterocycles. The lowest BCUT2D eigenvalue weighted by Gasteiger charge is -2.15. The van der Waals surface area contributed by atoms with Gasteiger partial charge in [-0.25, -0.2) is 9.18 Å². The summed E-state index contributed by atoms with van der Waals surface area (Å²) in [6.07, 6.45) is -0.289. The number of ether oxygens (including phenoxy) is 1. The summed E-state index contributed by atoms with van der Waals surface area (Å²) in [7, 11) is 0. The highest BCUT2D eigenvalue weighted by Gasteiger charge is 2.40. The van der Waals surface area contributed by atoms with Crippen LogP contribution in [0.15, 0.2) is 30.3 Å². The molecule has 3 nitrogen and oxygen atoms in total. The molecule has 84 valence electrons. The van der Waals surface area contributed by atoms with Gasteiger partial charge in [0.2, 0.25) is 0 Å². The van der Waals surface area contributed by atoms with Crippen molar-refractivity contribution >= 4 is 5.97 Å². The summed E-state index contributed by atoms with van der Waals surface area (Å²) in [5.41, 5.74) is -2.02. The van der Waals surface area contributed by atoms with E-state index >= 15 is 0 Å². The third kappa shape index (κ3) is 2.80.